The van der Waals surface area contributed by atoms with E-state index in [0.29, 0.717) is 34.2 Å². The van der Waals surface area contributed by atoms with Crippen molar-refractivity contribution in [2.75, 3.05) is 7.11 Å². The van der Waals surface area contributed by atoms with Crippen LogP contribution in [0.4, 0.5) is 39.5 Å². The molecule has 0 spiro atoms. The number of ether oxygens (including phenoxy) is 1. The Morgan fingerprint density at radius 2 is 1.36 bits per heavy atom. The summed E-state index contributed by atoms with van der Waals surface area (Å²) >= 11 is 0. The Morgan fingerprint density at radius 1 is 0.766 bits per heavy atom. The van der Waals surface area contributed by atoms with Gasteiger partial charge in [0.1, 0.15) is 11.5 Å². The van der Waals surface area contributed by atoms with Gasteiger partial charge < -0.3 is 8.92 Å². The molecule has 1 aromatic heterocycles. The summed E-state index contributed by atoms with van der Waals surface area (Å²) < 4.78 is 154. The fourth-order valence-corrected chi connectivity index (χ4v) is 5.41. The van der Waals surface area contributed by atoms with Crippen molar-refractivity contribution in [3.8, 4) is 28.3 Å². The molecule has 0 fully saturated rings. The molecule has 0 aliphatic heterocycles. The molecule has 0 amide bonds. The fraction of sp³-hybridized carbons (Fsp3) is 0.310. The largest absolute Gasteiger partial charge is 0.496 e. The topological polar surface area (TPSA) is 107 Å². The second-order valence-corrected chi connectivity index (χ2v) is 12.8. The Kier molecular flexibility index (Phi) is 8.54. The van der Waals surface area contributed by atoms with Crippen LogP contribution in [0, 0.1) is 0 Å². The van der Waals surface area contributed by atoms with E-state index in [0.717, 1.165) is 18.2 Å². The molecule has 0 aliphatic carbocycles. The van der Waals surface area contributed by atoms with Gasteiger partial charge in [-0.1, -0.05) is 39.0 Å². The number of nitrogens with one attached hydrogen (secondary N) is 1. The molecular weight excluding hydrogens is 675 g/mol. The molecule has 3 aromatic carbocycles. The fourth-order valence-electron chi connectivity index (χ4n) is 4.50. The predicted octanol–water partition coefficient (Wildman–Crippen LogP) is 6.79. The molecule has 0 saturated heterocycles. The lowest BCUT2D eigenvalue weighted by Crippen LogP contribution is -2.63. The number of aromatic nitrogens is 2. The summed E-state index contributed by atoms with van der Waals surface area (Å²) in [5, 5.41) is -6.71. The molecule has 1 heterocycles. The molecule has 4 rings (SSSR count). The van der Waals surface area contributed by atoms with Gasteiger partial charge in [0.15, 0.2) is 0 Å². The highest BCUT2D eigenvalue weighted by Crippen LogP contribution is 2.55. The first kappa shape index (κ1) is 35.4. The minimum Gasteiger partial charge on any atom is -0.496 e. The van der Waals surface area contributed by atoms with Crippen LogP contribution in [0.15, 0.2) is 70.4 Å². The normalized spacial score (nSPS) is 13.6. The number of aromatic amines is 1. The van der Waals surface area contributed by atoms with Crippen molar-refractivity contribution in [3.05, 3.63) is 87.2 Å². The van der Waals surface area contributed by atoms with Gasteiger partial charge in [0.05, 0.1) is 12.8 Å². The van der Waals surface area contributed by atoms with E-state index < -0.39 is 55.8 Å². The summed E-state index contributed by atoms with van der Waals surface area (Å²) in [4.78, 5) is 26.3. The van der Waals surface area contributed by atoms with Gasteiger partial charge in [-0.2, -0.15) is 47.9 Å². The average molecular weight is 699 g/mol. The lowest BCUT2D eigenvalue weighted by molar-refractivity contribution is -0.382. The van der Waals surface area contributed by atoms with Crippen LogP contribution in [0.2, 0.25) is 0 Å². The molecule has 8 nitrogen and oxygen atoms in total. The summed E-state index contributed by atoms with van der Waals surface area (Å²) in [7, 11) is -5.73. The monoisotopic (exact) mass is 698 g/mol. The predicted molar refractivity (Wildman–Crippen MR) is 151 cm³/mol. The van der Waals surface area contributed by atoms with Crippen LogP contribution in [0.5, 0.6) is 11.5 Å². The summed E-state index contributed by atoms with van der Waals surface area (Å²) in [6, 6.07) is 11.2. The third-order valence-corrected chi connectivity index (χ3v) is 8.24. The highest BCUT2D eigenvalue weighted by molar-refractivity contribution is 7.88. The highest BCUT2D eigenvalue weighted by atomic mass is 32.2. The van der Waals surface area contributed by atoms with Gasteiger partial charge in [0.2, 0.25) is 0 Å². The van der Waals surface area contributed by atoms with Crippen LogP contribution in [0.25, 0.3) is 27.6 Å². The number of H-pyrrole nitrogens is 1. The van der Waals surface area contributed by atoms with Gasteiger partial charge in [-0.15, -0.1) is 0 Å². The molecule has 0 bridgehead atoms. The standard InChI is InChI=1S/C29H23F9N2O6S/c1-25(2,3)21-14-18(40-10-9-22(41)39-24(40)42)13-20(23(21)45-4)17-6-5-16-12-19(8-7-15(16)11-17)46-47(43,44)29(37,38)27(32,33)26(30,31)28(34,35)36/h5-14H,1-4H3,(H,39,41,42). The number of halogens is 9. The van der Waals surface area contributed by atoms with Gasteiger partial charge in [-0.25, -0.2) is 4.79 Å². The number of hydrogen-bond acceptors (Lipinski definition) is 6. The van der Waals surface area contributed by atoms with Gasteiger partial charge in [0.25, 0.3) is 5.56 Å². The van der Waals surface area contributed by atoms with Crippen LogP contribution in [0.1, 0.15) is 26.3 Å². The van der Waals surface area contributed by atoms with E-state index in [1.807, 2.05) is 20.8 Å². The summed E-state index contributed by atoms with van der Waals surface area (Å²) in [6.45, 7) is 5.61. The van der Waals surface area contributed by atoms with Crippen LogP contribution >= 0.6 is 0 Å². The van der Waals surface area contributed by atoms with Crippen molar-refractivity contribution >= 4 is 20.9 Å². The van der Waals surface area contributed by atoms with E-state index in [1.54, 1.807) is 12.1 Å². The zero-order valence-corrected chi connectivity index (χ0v) is 25.3. The highest BCUT2D eigenvalue weighted by Gasteiger charge is 2.86. The summed E-state index contributed by atoms with van der Waals surface area (Å²) in [5.74, 6) is -15.6. The maximum atomic E-state index is 14.1. The van der Waals surface area contributed by atoms with Crippen molar-refractivity contribution in [1.29, 1.82) is 0 Å². The minimum absolute atomic E-state index is 0.0418. The molecule has 1 N–H and O–H groups in total. The molecule has 18 heteroatoms. The van der Waals surface area contributed by atoms with E-state index in [4.69, 9.17) is 4.74 Å². The van der Waals surface area contributed by atoms with Crippen molar-refractivity contribution in [3.63, 3.8) is 0 Å². The number of rotatable bonds is 8. The van der Waals surface area contributed by atoms with Crippen molar-refractivity contribution in [1.82, 2.24) is 9.55 Å². The van der Waals surface area contributed by atoms with Gasteiger partial charge >= 0.3 is 39.1 Å². The Hall–Kier alpha value is -4.48. The third-order valence-electron chi connectivity index (χ3n) is 6.95. The molecular formula is C29H23F9N2O6S. The van der Waals surface area contributed by atoms with Gasteiger partial charge in [-0.05, 0) is 52.1 Å². The molecule has 0 saturated carbocycles. The van der Waals surface area contributed by atoms with E-state index in [-0.39, 0.29) is 10.8 Å². The lowest BCUT2D eigenvalue weighted by Gasteiger charge is -2.32. The number of fused-ring (bicyclic) bond motifs is 1. The van der Waals surface area contributed by atoms with Crippen molar-refractivity contribution in [2.24, 2.45) is 0 Å². The van der Waals surface area contributed by atoms with Crippen LogP contribution in [-0.4, -0.2) is 48.4 Å². The lowest BCUT2D eigenvalue weighted by atomic mass is 9.83. The summed E-state index contributed by atoms with van der Waals surface area (Å²) in [5.41, 5.74) is -0.104. The molecule has 47 heavy (non-hydrogen) atoms. The molecule has 0 radical (unpaired) electrons. The second kappa shape index (κ2) is 11.3. The molecule has 254 valence electrons. The Bertz CT molecular complexity index is 2080. The van der Waals surface area contributed by atoms with E-state index >= 15 is 0 Å². The van der Waals surface area contributed by atoms with Crippen LogP contribution in [0.3, 0.4) is 0 Å². The average Bonchev–Trinajstić information content (AvgIpc) is 2.94. The quantitative estimate of drug-likeness (QED) is 0.161. The third kappa shape index (κ3) is 6.05. The molecule has 4 aromatic rings. The zero-order chi connectivity index (χ0) is 35.5. The van der Waals surface area contributed by atoms with E-state index in [9.17, 15) is 57.5 Å². The second-order valence-electron chi connectivity index (χ2n) is 11.2. The molecule has 0 unspecified atom stereocenters. The van der Waals surface area contributed by atoms with Crippen LogP contribution < -0.4 is 20.2 Å². The number of methoxy groups -OCH3 is 1. The van der Waals surface area contributed by atoms with E-state index in [1.165, 1.54) is 36.1 Å². The van der Waals surface area contributed by atoms with E-state index in [2.05, 4.69) is 9.17 Å². The SMILES string of the molecule is COc1c(-c2ccc3cc(OS(=O)(=O)C(F)(F)C(F)(F)C(F)(F)C(F)(F)F)ccc3c2)cc(-n2ccc(=O)[nH]c2=O)cc1C(C)(C)C. The first-order valence-electron chi connectivity index (χ1n) is 13.1. The first-order valence-corrected chi connectivity index (χ1v) is 14.5. The maximum absolute atomic E-state index is 14.1. The maximum Gasteiger partial charge on any atom is 0.460 e. The van der Waals surface area contributed by atoms with Crippen molar-refractivity contribution in [2.45, 2.75) is 49.5 Å². The number of benzene rings is 3. The van der Waals surface area contributed by atoms with Crippen molar-refractivity contribution < 1.29 is 56.9 Å². The van der Waals surface area contributed by atoms with Gasteiger partial charge in [0, 0.05) is 23.4 Å². The van der Waals surface area contributed by atoms with Crippen LogP contribution in [-0.2, 0) is 15.5 Å². The first-order chi connectivity index (χ1) is 21.4. The Labute approximate surface area is 259 Å². The minimum atomic E-state index is -7.44. The van der Waals surface area contributed by atoms with Gasteiger partial charge in [-0.3, -0.25) is 14.3 Å². The Morgan fingerprint density at radius 3 is 1.91 bits per heavy atom. The molecule has 0 atom stereocenters. The number of nitrogens with zero attached hydrogens (tertiary/aromatic N) is 1. The number of hydrogen-bond donors (Lipinski definition) is 1. The number of alkyl halides is 9. The zero-order valence-electron chi connectivity index (χ0n) is 24.5. The smallest absolute Gasteiger partial charge is 0.460 e. The Balaban J connectivity index is 1.80. The summed E-state index contributed by atoms with van der Waals surface area (Å²) in [6.07, 6.45) is -5.96. The molecule has 0 aliphatic rings.